The Morgan fingerprint density at radius 2 is 2.17 bits per heavy atom. The minimum absolute atomic E-state index is 0.203. The van der Waals surface area contributed by atoms with Crippen LogP contribution < -0.4 is 9.88 Å². The van der Waals surface area contributed by atoms with Crippen molar-refractivity contribution in [3.63, 3.8) is 0 Å². The van der Waals surface area contributed by atoms with Crippen molar-refractivity contribution in [2.75, 3.05) is 6.61 Å². The Morgan fingerprint density at radius 3 is 2.67 bits per heavy atom. The lowest BCUT2D eigenvalue weighted by Gasteiger charge is -2.10. The van der Waals surface area contributed by atoms with E-state index in [1.165, 1.54) is 0 Å². The van der Waals surface area contributed by atoms with Gasteiger partial charge in [0.1, 0.15) is 23.1 Å². The van der Waals surface area contributed by atoms with Gasteiger partial charge in [0.25, 0.3) is 0 Å². The molecular formula is C11H13BrFNO3S. The molecule has 0 bridgehead atoms. The average Bonchev–Trinajstić information content (AvgIpc) is 2.27. The predicted octanol–water partition coefficient (Wildman–Crippen LogP) is 2.58. The summed E-state index contributed by atoms with van der Waals surface area (Å²) >= 11 is 3.10. The lowest BCUT2D eigenvalue weighted by Crippen LogP contribution is -2.14. The average molecular weight is 338 g/mol. The van der Waals surface area contributed by atoms with Gasteiger partial charge in [0.05, 0.1) is 4.47 Å². The Bertz CT molecular complexity index is 572. The molecule has 0 amide bonds. The van der Waals surface area contributed by atoms with Gasteiger partial charge in [-0.1, -0.05) is 13.5 Å². The molecule has 0 aliphatic carbocycles. The van der Waals surface area contributed by atoms with Crippen LogP contribution in [0.15, 0.2) is 33.7 Å². The van der Waals surface area contributed by atoms with Gasteiger partial charge in [-0.05, 0) is 34.0 Å². The van der Waals surface area contributed by atoms with E-state index in [1.807, 2.05) is 6.92 Å². The quantitative estimate of drug-likeness (QED) is 0.839. The van der Waals surface area contributed by atoms with Crippen molar-refractivity contribution < 1.29 is 17.5 Å². The molecule has 100 valence electrons. The van der Waals surface area contributed by atoms with Gasteiger partial charge in [-0.2, -0.15) is 0 Å². The third-order valence-corrected chi connectivity index (χ3v) is 3.77. The summed E-state index contributed by atoms with van der Waals surface area (Å²) in [5.74, 6) is -0.743. The van der Waals surface area contributed by atoms with Gasteiger partial charge in [-0.15, -0.1) is 0 Å². The van der Waals surface area contributed by atoms with Crippen LogP contribution in [-0.2, 0) is 10.0 Å². The van der Waals surface area contributed by atoms with Crippen LogP contribution >= 0.6 is 15.9 Å². The topological polar surface area (TPSA) is 69.4 Å². The fourth-order valence-corrected chi connectivity index (χ4v) is 2.34. The molecule has 0 unspecified atom stereocenters. The fourth-order valence-electron chi connectivity index (χ4n) is 1.12. The Morgan fingerprint density at radius 1 is 1.56 bits per heavy atom. The third kappa shape index (κ3) is 3.79. The molecule has 0 saturated heterocycles. The zero-order valence-corrected chi connectivity index (χ0v) is 12.1. The van der Waals surface area contributed by atoms with E-state index in [0.717, 1.165) is 24.1 Å². The van der Waals surface area contributed by atoms with Gasteiger partial charge in [0, 0.05) is 6.07 Å². The van der Waals surface area contributed by atoms with Crippen LogP contribution in [0.1, 0.15) is 13.3 Å². The SMILES string of the molecule is C=C(CC)COc1cc(F)c(S(N)(=O)=O)cc1Br. The van der Waals surface area contributed by atoms with E-state index < -0.39 is 20.7 Å². The molecule has 1 aromatic rings. The van der Waals surface area contributed by atoms with Crippen molar-refractivity contribution in [3.05, 3.63) is 34.6 Å². The van der Waals surface area contributed by atoms with E-state index in [2.05, 4.69) is 22.5 Å². The van der Waals surface area contributed by atoms with Gasteiger partial charge >= 0.3 is 0 Å². The maximum absolute atomic E-state index is 13.5. The molecule has 0 aromatic heterocycles. The molecule has 0 spiro atoms. The first-order valence-corrected chi connectivity index (χ1v) is 7.41. The van der Waals surface area contributed by atoms with Crippen LogP contribution in [0.5, 0.6) is 5.75 Å². The summed E-state index contributed by atoms with van der Waals surface area (Å²) < 4.78 is 41.4. The first-order chi connectivity index (χ1) is 8.25. The first-order valence-electron chi connectivity index (χ1n) is 5.07. The summed E-state index contributed by atoms with van der Waals surface area (Å²) in [6, 6.07) is 2.06. The Hall–Kier alpha value is -0.920. The summed E-state index contributed by atoms with van der Waals surface area (Å²) in [7, 11) is -4.09. The maximum Gasteiger partial charge on any atom is 0.241 e. The van der Waals surface area contributed by atoms with Gasteiger partial charge in [0.15, 0.2) is 0 Å². The monoisotopic (exact) mass is 337 g/mol. The largest absolute Gasteiger partial charge is 0.488 e. The van der Waals surface area contributed by atoms with E-state index in [4.69, 9.17) is 9.88 Å². The number of hydrogen-bond donors (Lipinski definition) is 1. The molecule has 0 fully saturated rings. The molecule has 1 aromatic carbocycles. The number of nitrogens with two attached hydrogens (primary N) is 1. The van der Waals surface area contributed by atoms with Crippen LogP contribution in [0.3, 0.4) is 0 Å². The van der Waals surface area contributed by atoms with E-state index in [-0.39, 0.29) is 12.4 Å². The number of primary sulfonamides is 1. The summed E-state index contributed by atoms with van der Waals surface area (Å²) in [6.07, 6.45) is 0.745. The number of ether oxygens (including phenoxy) is 1. The zero-order chi connectivity index (χ0) is 13.9. The molecule has 0 aliphatic rings. The van der Waals surface area contributed by atoms with Crippen LogP contribution in [-0.4, -0.2) is 15.0 Å². The Kier molecular flexibility index (Phi) is 4.89. The van der Waals surface area contributed by atoms with Crippen molar-refractivity contribution >= 4 is 26.0 Å². The van der Waals surface area contributed by atoms with Crippen molar-refractivity contribution in [2.45, 2.75) is 18.2 Å². The number of sulfonamides is 1. The molecule has 1 rings (SSSR count). The molecule has 18 heavy (non-hydrogen) atoms. The number of rotatable bonds is 5. The molecule has 0 aliphatic heterocycles. The number of halogens is 2. The number of hydrogen-bond acceptors (Lipinski definition) is 3. The number of benzene rings is 1. The summed E-state index contributed by atoms with van der Waals surface area (Å²) in [5.41, 5.74) is 0.845. The van der Waals surface area contributed by atoms with Crippen LogP contribution in [0.25, 0.3) is 0 Å². The van der Waals surface area contributed by atoms with E-state index in [1.54, 1.807) is 0 Å². The molecule has 0 saturated carbocycles. The van der Waals surface area contributed by atoms with Crippen LogP contribution in [0.2, 0.25) is 0 Å². The van der Waals surface area contributed by atoms with E-state index >= 15 is 0 Å². The second-order valence-electron chi connectivity index (χ2n) is 3.65. The summed E-state index contributed by atoms with van der Waals surface area (Å²) in [5, 5.41) is 4.88. The molecule has 0 radical (unpaired) electrons. The van der Waals surface area contributed by atoms with Gasteiger partial charge in [0.2, 0.25) is 10.0 Å². The predicted molar refractivity (Wildman–Crippen MR) is 70.4 cm³/mol. The molecule has 2 N–H and O–H groups in total. The van der Waals surface area contributed by atoms with Gasteiger partial charge < -0.3 is 4.74 Å². The van der Waals surface area contributed by atoms with E-state index in [9.17, 15) is 12.8 Å². The summed E-state index contributed by atoms with van der Waals surface area (Å²) in [4.78, 5) is -0.573. The highest BCUT2D eigenvalue weighted by Gasteiger charge is 2.17. The van der Waals surface area contributed by atoms with Crippen molar-refractivity contribution in [1.29, 1.82) is 0 Å². The summed E-state index contributed by atoms with van der Waals surface area (Å²) in [6.45, 7) is 5.91. The van der Waals surface area contributed by atoms with Crippen molar-refractivity contribution in [1.82, 2.24) is 0 Å². The van der Waals surface area contributed by atoms with Crippen LogP contribution in [0.4, 0.5) is 4.39 Å². The van der Waals surface area contributed by atoms with E-state index in [0.29, 0.717) is 4.47 Å². The minimum Gasteiger partial charge on any atom is -0.488 e. The van der Waals surface area contributed by atoms with Crippen LogP contribution in [0, 0.1) is 5.82 Å². The van der Waals surface area contributed by atoms with Crippen molar-refractivity contribution in [2.24, 2.45) is 5.14 Å². The third-order valence-electron chi connectivity index (χ3n) is 2.22. The highest BCUT2D eigenvalue weighted by molar-refractivity contribution is 9.10. The molecule has 0 heterocycles. The zero-order valence-electron chi connectivity index (χ0n) is 9.74. The fraction of sp³-hybridized carbons (Fsp3) is 0.273. The maximum atomic E-state index is 13.5. The standard InChI is InChI=1S/C11H13BrFNO3S/c1-3-7(2)6-17-10-5-9(13)11(4-8(10)12)18(14,15)16/h4-5H,2-3,6H2,1H3,(H2,14,15,16). The normalized spacial score (nSPS) is 11.3. The van der Waals surface area contributed by atoms with Gasteiger partial charge in [-0.3, -0.25) is 0 Å². The lowest BCUT2D eigenvalue weighted by molar-refractivity contribution is 0.344. The Labute approximate surface area is 114 Å². The Balaban J connectivity index is 3.05. The molecular weight excluding hydrogens is 325 g/mol. The van der Waals surface area contributed by atoms with Crippen molar-refractivity contribution in [3.8, 4) is 5.75 Å². The van der Waals surface area contributed by atoms with Gasteiger partial charge in [-0.25, -0.2) is 17.9 Å². The smallest absolute Gasteiger partial charge is 0.241 e. The second kappa shape index (κ2) is 5.81. The highest BCUT2D eigenvalue weighted by atomic mass is 79.9. The molecule has 4 nitrogen and oxygen atoms in total. The molecule has 0 atom stereocenters. The lowest BCUT2D eigenvalue weighted by atomic mass is 10.2. The minimum atomic E-state index is -4.09. The molecule has 7 heteroatoms. The second-order valence-corrected chi connectivity index (χ2v) is 6.03. The highest BCUT2D eigenvalue weighted by Crippen LogP contribution is 2.30. The first kappa shape index (κ1) is 15.1.